The van der Waals surface area contributed by atoms with E-state index in [1.165, 1.54) is 11.1 Å². The van der Waals surface area contributed by atoms with Gasteiger partial charge in [-0.15, -0.1) is 0 Å². The van der Waals surface area contributed by atoms with Crippen LogP contribution in [0.5, 0.6) is 0 Å². The first kappa shape index (κ1) is 28.8. The number of ether oxygens (including phenoxy) is 1. The normalized spacial score (nSPS) is 19.3. The van der Waals surface area contributed by atoms with Gasteiger partial charge in [0, 0.05) is 43.5 Å². The predicted octanol–water partition coefficient (Wildman–Crippen LogP) is 4.36. The van der Waals surface area contributed by atoms with Crippen LogP contribution < -0.4 is 16.4 Å². The van der Waals surface area contributed by atoms with Crippen LogP contribution in [0.25, 0.3) is 11.1 Å². The number of benzene rings is 2. The summed E-state index contributed by atoms with van der Waals surface area (Å²) >= 11 is 0. The largest absolute Gasteiger partial charge is 0.383 e. The van der Waals surface area contributed by atoms with E-state index in [0.717, 1.165) is 49.0 Å². The van der Waals surface area contributed by atoms with Crippen LogP contribution in [0.1, 0.15) is 64.1 Å². The molecule has 216 valence electrons. The third-order valence-corrected chi connectivity index (χ3v) is 8.43. The Morgan fingerprint density at radius 1 is 1.07 bits per heavy atom. The van der Waals surface area contributed by atoms with Gasteiger partial charge in [0.1, 0.15) is 5.82 Å². The number of likely N-dealkylation sites (tertiary alicyclic amines) is 1. The van der Waals surface area contributed by atoms with Crippen LogP contribution in [-0.4, -0.2) is 60.0 Å². The number of hydrogen-bond acceptors (Lipinski definition) is 6. The fraction of sp³-hybridized carbons (Fsp3) is 0.424. The number of nitrogens with one attached hydrogen (secondary N) is 2. The molecule has 4 N–H and O–H groups in total. The number of nitrogens with two attached hydrogens (primary N) is 1. The summed E-state index contributed by atoms with van der Waals surface area (Å²) < 4.78 is 6.23. The molecule has 2 fully saturated rings. The van der Waals surface area contributed by atoms with Crippen molar-refractivity contribution >= 4 is 17.6 Å². The Kier molecular flexibility index (Phi) is 9.00. The number of hydrogen-bond donors (Lipinski definition) is 3. The first-order valence-corrected chi connectivity index (χ1v) is 14.7. The second kappa shape index (κ2) is 12.8. The molecule has 5 rings (SSSR count). The summed E-state index contributed by atoms with van der Waals surface area (Å²) in [7, 11) is 0. The monoisotopic (exact) mass is 555 g/mol. The number of carbonyl (C=O) groups is 2. The topological polar surface area (TPSA) is 110 Å². The van der Waals surface area contributed by atoms with Gasteiger partial charge in [-0.3, -0.25) is 9.59 Å². The van der Waals surface area contributed by atoms with Crippen LogP contribution in [0, 0.1) is 12.8 Å². The maximum absolute atomic E-state index is 13.3. The fourth-order valence-corrected chi connectivity index (χ4v) is 5.63. The average Bonchev–Trinajstić information content (AvgIpc) is 3.43. The van der Waals surface area contributed by atoms with Crippen LogP contribution in [0.3, 0.4) is 0 Å². The zero-order valence-electron chi connectivity index (χ0n) is 24.3. The number of piperidine rings is 1. The third-order valence-electron chi connectivity index (χ3n) is 8.43. The molecule has 0 unspecified atom stereocenters. The summed E-state index contributed by atoms with van der Waals surface area (Å²) in [6, 6.07) is 15.5. The molecule has 0 bridgehead atoms. The van der Waals surface area contributed by atoms with Crippen molar-refractivity contribution in [3.8, 4) is 11.1 Å². The number of pyridine rings is 1. The molecule has 41 heavy (non-hydrogen) atoms. The first-order valence-electron chi connectivity index (χ1n) is 14.7. The molecule has 2 aromatic carbocycles. The molecule has 2 atom stereocenters. The Bertz CT molecular complexity index is 1380. The van der Waals surface area contributed by atoms with Crippen LogP contribution >= 0.6 is 0 Å². The zero-order valence-corrected chi connectivity index (χ0v) is 24.3. The molecule has 1 aromatic heterocycles. The quantitative estimate of drug-likeness (QED) is 0.381. The van der Waals surface area contributed by atoms with Gasteiger partial charge in [0.15, 0.2) is 0 Å². The van der Waals surface area contributed by atoms with Crippen LogP contribution in [-0.2, 0) is 17.8 Å². The van der Waals surface area contributed by atoms with E-state index in [1.807, 2.05) is 29.2 Å². The van der Waals surface area contributed by atoms with Gasteiger partial charge in [0.2, 0.25) is 0 Å². The minimum absolute atomic E-state index is 0.0640. The summed E-state index contributed by atoms with van der Waals surface area (Å²) in [6.45, 7) is 9.87. The molecule has 0 radical (unpaired) electrons. The summed E-state index contributed by atoms with van der Waals surface area (Å²) in [5, 5.41) is 6.42. The van der Waals surface area contributed by atoms with Crippen molar-refractivity contribution in [3.05, 3.63) is 82.5 Å². The minimum Gasteiger partial charge on any atom is -0.383 e. The molecule has 3 heterocycles. The Morgan fingerprint density at radius 2 is 1.83 bits per heavy atom. The highest BCUT2D eigenvalue weighted by molar-refractivity contribution is 6.00. The Labute approximate surface area is 242 Å². The van der Waals surface area contributed by atoms with E-state index >= 15 is 0 Å². The molecule has 3 aromatic rings. The molecular weight excluding hydrogens is 514 g/mol. The third kappa shape index (κ3) is 6.77. The van der Waals surface area contributed by atoms with Gasteiger partial charge in [-0.25, -0.2) is 4.98 Å². The average molecular weight is 556 g/mol. The molecule has 2 saturated heterocycles. The molecule has 2 amide bonds. The molecule has 2 aliphatic heterocycles. The first-order chi connectivity index (χ1) is 19.8. The lowest BCUT2D eigenvalue weighted by molar-refractivity contribution is 0.0357. The van der Waals surface area contributed by atoms with Crippen molar-refractivity contribution in [2.24, 2.45) is 5.92 Å². The van der Waals surface area contributed by atoms with Crippen LogP contribution in [0.15, 0.2) is 54.7 Å². The maximum Gasteiger partial charge on any atom is 0.255 e. The van der Waals surface area contributed by atoms with E-state index < -0.39 is 0 Å². The smallest absolute Gasteiger partial charge is 0.255 e. The van der Waals surface area contributed by atoms with Gasteiger partial charge in [-0.05, 0) is 72.6 Å². The number of nitrogens with zero attached hydrogens (tertiary/aromatic N) is 2. The van der Waals surface area contributed by atoms with Gasteiger partial charge in [0.25, 0.3) is 11.8 Å². The highest BCUT2D eigenvalue weighted by Crippen LogP contribution is 2.25. The van der Waals surface area contributed by atoms with E-state index in [2.05, 4.69) is 54.6 Å². The molecule has 0 spiro atoms. The van der Waals surface area contributed by atoms with E-state index in [-0.39, 0.29) is 29.8 Å². The Balaban J connectivity index is 1.23. The summed E-state index contributed by atoms with van der Waals surface area (Å²) in [4.78, 5) is 32.5. The Morgan fingerprint density at radius 3 is 2.56 bits per heavy atom. The number of aromatic nitrogens is 1. The van der Waals surface area contributed by atoms with Crippen molar-refractivity contribution in [1.82, 2.24) is 20.5 Å². The van der Waals surface area contributed by atoms with Crippen molar-refractivity contribution in [1.29, 1.82) is 0 Å². The van der Waals surface area contributed by atoms with Crippen LogP contribution in [0.2, 0.25) is 0 Å². The van der Waals surface area contributed by atoms with Crippen molar-refractivity contribution < 1.29 is 14.3 Å². The van der Waals surface area contributed by atoms with E-state index in [9.17, 15) is 9.59 Å². The molecule has 8 heteroatoms. The van der Waals surface area contributed by atoms with Crippen molar-refractivity contribution in [2.75, 3.05) is 31.9 Å². The number of nitrogen functional groups attached to an aromatic ring is 1. The number of amides is 2. The molecule has 8 nitrogen and oxygen atoms in total. The zero-order chi connectivity index (χ0) is 28.9. The second-order valence-electron chi connectivity index (χ2n) is 11.4. The lowest BCUT2D eigenvalue weighted by atomic mass is 9.98. The lowest BCUT2D eigenvalue weighted by Crippen LogP contribution is -2.44. The minimum atomic E-state index is -0.283. The number of carbonyl (C=O) groups excluding carboxylic acids is 2. The Hall–Kier alpha value is -3.75. The number of anilines is 1. The SMILES string of the molecule is CCc1cc(CO[C@H]2CNC[C@@H]2NC(=O)c2cc(-c3ccc(C(=O)N4CCC(C)CC4)cc3)cnc2N)ccc1C. The van der Waals surface area contributed by atoms with Gasteiger partial charge in [0.05, 0.1) is 24.3 Å². The van der Waals surface area contributed by atoms with Gasteiger partial charge >= 0.3 is 0 Å². The molecule has 2 aliphatic rings. The summed E-state index contributed by atoms with van der Waals surface area (Å²) in [5.74, 6) is 0.623. The standard InChI is InChI=1S/C33H41N5O3/c1-4-24-15-23(6-5-22(24)3)20-41-30-19-35-18-29(30)37-32(39)28-16-27(17-36-31(28)34)25-7-9-26(10-8-25)33(40)38-13-11-21(2)12-14-38/h5-10,15-17,21,29-30,35H,4,11-14,18-20H2,1-3H3,(H2,34,36)(H,37,39)/t29-,30-/m0/s1. The van der Waals surface area contributed by atoms with E-state index in [0.29, 0.717) is 36.7 Å². The van der Waals surface area contributed by atoms with Gasteiger partial charge in [-0.2, -0.15) is 0 Å². The van der Waals surface area contributed by atoms with Crippen LogP contribution in [0.4, 0.5) is 5.82 Å². The highest BCUT2D eigenvalue weighted by atomic mass is 16.5. The highest BCUT2D eigenvalue weighted by Gasteiger charge is 2.30. The maximum atomic E-state index is 13.3. The molecule has 0 aliphatic carbocycles. The van der Waals surface area contributed by atoms with Crippen molar-refractivity contribution in [2.45, 2.75) is 58.8 Å². The number of rotatable bonds is 8. The molecular formula is C33H41N5O3. The number of aryl methyl sites for hydroxylation is 2. The van der Waals surface area contributed by atoms with Gasteiger partial charge < -0.3 is 26.0 Å². The molecule has 0 saturated carbocycles. The van der Waals surface area contributed by atoms with E-state index in [4.69, 9.17) is 10.5 Å². The van der Waals surface area contributed by atoms with E-state index in [1.54, 1.807) is 12.3 Å². The van der Waals surface area contributed by atoms with Gasteiger partial charge in [-0.1, -0.05) is 44.2 Å². The fourth-order valence-electron chi connectivity index (χ4n) is 5.63. The summed E-state index contributed by atoms with van der Waals surface area (Å²) in [5.41, 5.74) is 12.5. The second-order valence-corrected chi connectivity index (χ2v) is 11.4. The summed E-state index contributed by atoms with van der Waals surface area (Å²) in [6.07, 6.45) is 4.57. The lowest BCUT2D eigenvalue weighted by Gasteiger charge is -2.30. The predicted molar refractivity (Wildman–Crippen MR) is 162 cm³/mol. The van der Waals surface area contributed by atoms with Crippen molar-refractivity contribution in [3.63, 3.8) is 0 Å².